The minimum Gasteiger partial charge on any atom is -0.511 e. The Morgan fingerprint density at radius 2 is 0.938 bits per heavy atom. The number of rotatable bonds is 9. The summed E-state index contributed by atoms with van der Waals surface area (Å²) in [5.41, 5.74) is 4.32. The molecule has 0 unspecified atom stereocenters. The quantitative estimate of drug-likeness (QED) is 0.0538. The van der Waals surface area contributed by atoms with Crippen LogP contribution in [0, 0.1) is 0 Å². The van der Waals surface area contributed by atoms with Crippen molar-refractivity contribution in [3.63, 3.8) is 0 Å². The van der Waals surface area contributed by atoms with E-state index in [1.165, 1.54) is 40.6 Å². The zero-order valence-electron chi connectivity index (χ0n) is 28.0. The Hall–Kier alpha value is -4.47. The lowest BCUT2D eigenvalue weighted by Crippen LogP contribution is -2.35. The molecule has 0 saturated heterocycles. The highest BCUT2D eigenvalue weighted by atomic mass is 31.2. The van der Waals surface area contributed by atoms with Crippen LogP contribution >= 0.6 is 7.26 Å². The minimum atomic E-state index is -1.83. The summed E-state index contributed by atoms with van der Waals surface area (Å²) in [6.07, 6.45) is 3.75. The van der Waals surface area contributed by atoms with Gasteiger partial charge in [0.25, 0.3) is 0 Å². The zero-order valence-corrected chi connectivity index (χ0v) is 28.9. The van der Waals surface area contributed by atoms with Gasteiger partial charge in [0.05, 0.1) is 18.5 Å². The van der Waals surface area contributed by atoms with Gasteiger partial charge in [-0.25, -0.2) is 0 Å². The van der Waals surface area contributed by atoms with E-state index in [2.05, 4.69) is 142 Å². The Morgan fingerprint density at radius 1 is 0.500 bits per heavy atom. The van der Waals surface area contributed by atoms with Crippen molar-refractivity contribution in [3.8, 4) is 5.75 Å². The molecule has 5 heteroatoms. The molecule has 0 aliphatic heterocycles. The molecule has 3 nitrogen and oxygen atoms in total. The van der Waals surface area contributed by atoms with Crippen LogP contribution in [0.3, 0.4) is 0 Å². The van der Waals surface area contributed by atoms with Crippen molar-refractivity contribution < 1.29 is 14.7 Å². The van der Waals surface area contributed by atoms with Crippen LogP contribution in [0.5, 0.6) is 5.75 Å². The van der Waals surface area contributed by atoms with Gasteiger partial charge in [0, 0.05) is 29.3 Å². The third-order valence-electron chi connectivity index (χ3n) is 10.0. The highest BCUT2D eigenvalue weighted by molar-refractivity contribution is 7.77. The second-order valence-electron chi connectivity index (χ2n) is 12.2. The van der Waals surface area contributed by atoms with E-state index in [1.54, 1.807) is 6.07 Å². The fraction of sp³-hybridized carbons (Fsp3) is 0.163. The number of hydrogen-bond donors (Lipinski definition) is 2. The normalized spacial score (nSPS) is 11.7. The highest BCUT2D eigenvalue weighted by Crippen LogP contribution is 2.76. The first kappa shape index (κ1) is 33.4. The molecule has 2 N–H and O–H groups in total. The maximum absolute atomic E-state index is 9.14. The number of fused-ring (bicyclic) bond motifs is 4. The smallest absolute Gasteiger partial charge is 0.511 e. The van der Waals surface area contributed by atoms with Crippen LogP contribution in [0.15, 0.2) is 158 Å². The van der Waals surface area contributed by atoms with E-state index >= 15 is 0 Å². The number of benzene rings is 7. The van der Waals surface area contributed by atoms with Gasteiger partial charge in [0.2, 0.25) is 0 Å². The fourth-order valence-corrected chi connectivity index (χ4v) is 12.6. The molecular formula is C43H43BO3P+. The molecule has 48 heavy (non-hydrogen) atoms. The molecule has 0 bridgehead atoms. The van der Waals surface area contributed by atoms with Gasteiger partial charge in [-0.2, -0.15) is 0 Å². The summed E-state index contributed by atoms with van der Waals surface area (Å²) in [5.74, 6) is 0.466. The molecule has 7 aromatic carbocycles. The molecule has 0 aliphatic rings. The van der Waals surface area contributed by atoms with Crippen LogP contribution in [0.1, 0.15) is 37.5 Å². The summed E-state index contributed by atoms with van der Waals surface area (Å²) in [6, 6.07) is 55.7. The molecule has 240 valence electrons. The zero-order chi connectivity index (χ0) is 33.6. The lowest BCUT2D eigenvalue weighted by molar-refractivity contribution is 0.289. The van der Waals surface area contributed by atoms with Crippen molar-refractivity contribution in [1.29, 1.82) is 0 Å². The predicted octanol–water partition coefficient (Wildman–Crippen LogP) is 10.6. The molecule has 0 aliphatic carbocycles. The predicted molar refractivity (Wildman–Crippen MR) is 208 cm³/mol. The molecule has 7 aromatic rings. The average molecular weight is 650 g/mol. The van der Waals surface area contributed by atoms with Crippen LogP contribution in [0.4, 0.5) is 0 Å². The van der Waals surface area contributed by atoms with Gasteiger partial charge in [-0.15, -0.1) is 0 Å². The van der Waals surface area contributed by atoms with Crippen molar-refractivity contribution in [3.05, 3.63) is 174 Å². The maximum Gasteiger partial charge on any atom is 0.707 e. The topological polar surface area (TPSA) is 49.7 Å². The van der Waals surface area contributed by atoms with Crippen molar-refractivity contribution in [2.75, 3.05) is 18.5 Å². The molecule has 7 rings (SSSR count). The highest BCUT2D eigenvalue weighted by Gasteiger charge is 2.57. The van der Waals surface area contributed by atoms with Gasteiger partial charge >= 0.3 is 7.32 Å². The summed E-state index contributed by atoms with van der Waals surface area (Å²) in [7, 11) is -3.18. The Balaban J connectivity index is 0.000000169. The molecule has 0 amide bonds. The first-order chi connectivity index (χ1) is 23.5. The first-order valence-electron chi connectivity index (χ1n) is 16.9. The fourth-order valence-electron chi connectivity index (χ4n) is 7.72. The second kappa shape index (κ2) is 14.7. The molecule has 0 fully saturated rings. The van der Waals surface area contributed by atoms with Crippen LogP contribution in [0.2, 0.25) is 0 Å². The van der Waals surface area contributed by atoms with Gasteiger partial charge in [-0.1, -0.05) is 140 Å². The molecule has 0 heterocycles. The van der Waals surface area contributed by atoms with Gasteiger partial charge in [-0.3, -0.25) is 0 Å². The lowest BCUT2D eigenvalue weighted by Gasteiger charge is -2.45. The Morgan fingerprint density at radius 3 is 1.42 bits per heavy atom. The summed E-state index contributed by atoms with van der Waals surface area (Å²) in [4.78, 5) is 0. The summed E-state index contributed by atoms with van der Waals surface area (Å²) < 4.78 is 5.16. The molecule has 0 spiro atoms. The van der Waals surface area contributed by atoms with E-state index in [1.807, 2.05) is 30.3 Å². The van der Waals surface area contributed by atoms with Crippen LogP contribution in [0.25, 0.3) is 32.3 Å². The van der Waals surface area contributed by atoms with Gasteiger partial charge in [-0.05, 0) is 65.9 Å². The molecule has 0 aromatic heterocycles. The summed E-state index contributed by atoms with van der Waals surface area (Å²) >= 11 is 0. The summed E-state index contributed by atoms with van der Waals surface area (Å²) in [6.45, 7) is 7.22. The van der Waals surface area contributed by atoms with Crippen LogP contribution < -0.4 is 4.65 Å². The van der Waals surface area contributed by atoms with E-state index < -0.39 is 14.6 Å². The van der Waals surface area contributed by atoms with Crippen LogP contribution in [-0.2, 0) is 5.16 Å². The molecule has 0 atom stereocenters. The third-order valence-corrected chi connectivity index (χ3v) is 15.9. The Bertz CT molecular complexity index is 1990. The molecule has 0 saturated carbocycles. The van der Waals surface area contributed by atoms with Crippen molar-refractivity contribution in [2.45, 2.75) is 25.9 Å². The maximum atomic E-state index is 9.14. The van der Waals surface area contributed by atoms with Crippen molar-refractivity contribution >= 4 is 46.9 Å². The second-order valence-corrected chi connectivity index (χ2v) is 17.0. The molecule has 0 radical (unpaired) electrons. The third kappa shape index (κ3) is 6.13. The van der Waals surface area contributed by atoms with E-state index in [-0.39, 0.29) is 5.16 Å². The Kier molecular flexibility index (Phi) is 10.3. The van der Waals surface area contributed by atoms with Gasteiger partial charge in [0.15, 0.2) is 5.16 Å². The van der Waals surface area contributed by atoms with E-state index in [0.29, 0.717) is 5.75 Å². The number of hydrogen-bond acceptors (Lipinski definition) is 3. The molecular weight excluding hydrogens is 606 g/mol. The van der Waals surface area contributed by atoms with E-state index in [9.17, 15) is 0 Å². The first-order valence-corrected chi connectivity index (χ1v) is 19.2. The van der Waals surface area contributed by atoms with Crippen molar-refractivity contribution in [2.24, 2.45) is 0 Å². The standard InChI is InChI=1S/C25H30P.C18H13BO3/c1-4-26(5-2,6-3)25(22-16-10-7-11-17-22,23-18-12-8-13-19-23)24-20-14-9-15-21-24;20-19(21)22-17-7-3-6-12-8-9-15-10-13-4-1-2-5-14(13)11-16(15)18(12)17/h7-21H,4-6H2,1-3H3;1-11,20-21H/q+1;. The van der Waals surface area contributed by atoms with Crippen molar-refractivity contribution in [1.82, 2.24) is 0 Å². The van der Waals surface area contributed by atoms with E-state index in [4.69, 9.17) is 14.7 Å². The van der Waals surface area contributed by atoms with Gasteiger partial charge in [0.1, 0.15) is 5.75 Å². The van der Waals surface area contributed by atoms with E-state index in [0.717, 1.165) is 26.9 Å². The monoisotopic (exact) mass is 649 g/mol. The summed E-state index contributed by atoms with van der Waals surface area (Å²) in [5, 5.41) is 24.6. The SMILES string of the molecule is CC[P+](CC)(CC)C(c1ccccc1)(c1ccccc1)c1ccccc1.OB(O)Oc1cccc2ccc3cc4ccccc4cc3c12. The minimum absolute atomic E-state index is 0.0466. The lowest BCUT2D eigenvalue weighted by atomic mass is 9.84. The van der Waals surface area contributed by atoms with Crippen LogP contribution in [-0.4, -0.2) is 35.9 Å². The average Bonchev–Trinajstić information content (AvgIpc) is 3.14. The largest absolute Gasteiger partial charge is 0.707 e. The Labute approximate surface area is 285 Å². The van der Waals surface area contributed by atoms with Gasteiger partial charge < -0.3 is 14.7 Å².